The molecule has 0 aliphatic heterocycles. The van der Waals surface area contributed by atoms with E-state index < -0.39 is 0 Å². The standard InChI is InChI=1S/C16H16N2O2/c1-11-6-8-13(9-7-11)16(20)18-15-5-3-4-14(10-15)17-12(2)19/h3-10H,1-2H3,(H,17,19)(H,18,20). The fourth-order valence-electron chi connectivity index (χ4n) is 1.79. The summed E-state index contributed by atoms with van der Waals surface area (Å²) < 4.78 is 0. The molecule has 2 N–H and O–H groups in total. The first-order valence-corrected chi connectivity index (χ1v) is 6.30. The third-order valence-electron chi connectivity index (χ3n) is 2.75. The molecule has 0 bridgehead atoms. The molecule has 20 heavy (non-hydrogen) atoms. The van der Waals surface area contributed by atoms with Crippen LogP contribution in [-0.4, -0.2) is 11.8 Å². The lowest BCUT2D eigenvalue weighted by Crippen LogP contribution is -2.12. The molecular weight excluding hydrogens is 252 g/mol. The van der Waals surface area contributed by atoms with Gasteiger partial charge in [0.05, 0.1) is 0 Å². The number of rotatable bonds is 3. The Morgan fingerprint density at radius 2 is 1.50 bits per heavy atom. The zero-order valence-corrected chi connectivity index (χ0v) is 11.4. The van der Waals surface area contributed by atoms with Gasteiger partial charge in [0.25, 0.3) is 5.91 Å². The zero-order chi connectivity index (χ0) is 14.5. The Kier molecular flexibility index (Phi) is 4.15. The summed E-state index contributed by atoms with van der Waals surface area (Å²) in [5, 5.41) is 5.48. The van der Waals surface area contributed by atoms with E-state index in [0.717, 1.165) is 5.56 Å². The van der Waals surface area contributed by atoms with Crippen LogP contribution in [0.2, 0.25) is 0 Å². The van der Waals surface area contributed by atoms with Crippen LogP contribution in [-0.2, 0) is 4.79 Å². The Balaban J connectivity index is 2.11. The predicted octanol–water partition coefficient (Wildman–Crippen LogP) is 3.21. The van der Waals surface area contributed by atoms with Crippen LogP contribution in [0.3, 0.4) is 0 Å². The van der Waals surface area contributed by atoms with E-state index in [2.05, 4.69) is 10.6 Å². The van der Waals surface area contributed by atoms with Crippen LogP contribution in [0.15, 0.2) is 48.5 Å². The van der Waals surface area contributed by atoms with Crippen molar-refractivity contribution in [1.82, 2.24) is 0 Å². The van der Waals surface area contributed by atoms with Gasteiger partial charge in [-0.15, -0.1) is 0 Å². The van der Waals surface area contributed by atoms with E-state index >= 15 is 0 Å². The first kappa shape index (κ1) is 13.8. The molecule has 0 aliphatic rings. The molecule has 0 fully saturated rings. The smallest absolute Gasteiger partial charge is 0.255 e. The van der Waals surface area contributed by atoms with Crippen LogP contribution in [0.25, 0.3) is 0 Å². The molecule has 0 spiro atoms. The van der Waals surface area contributed by atoms with E-state index in [4.69, 9.17) is 0 Å². The highest BCUT2D eigenvalue weighted by Gasteiger charge is 2.06. The molecule has 0 atom stereocenters. The van der Waals surface area contributed by atoms with Gasteiger partial charge in [-0.1, -0.05) is 23.8 Å². The van der Waals surface area contributed by atoms with Crippen molar-refractivity contribution in [2.45, 2.75) is 13.8 Å². The Morgan fingerprint density at radius 1 is 0.900 bits per heavy atom. The van der Waals surface area contributed by atoms with Gasteiger partial charge in [-0.3, -0.25) is 9.59 Å². The third-order valence-corrected chi connectivity index (χ3v) is 2.75. The first-order valence-electron chi connectivity index (χ1n) is 6.30. The average molecular weight is 268 g/mol. The molecule has 0 radical (unpaired) electrons. The zero-order valence-electron chi connectivity index (χ0n) is 11.4. The summed E-state index contributed by atoms with van der Waals surface area (Å²) in [7, 11) is 0. The van der Waals surface area contributed by atoms with E-state index in [0.29, 0.717) is 16.9 Å². The lowest BCUT2D eigenvalue weighted by atomic mass is 10.1. The van der Waals surface area contributed by atoms with Gasteiger partial charge in [-0.2, -0.15) is 0 Å². The highest BCUT2D eigenvalue weighted by molar-refractivity contribution is 6.04. The number of amides is 2. The number of hydrogen-bond donors (Lipinski definition) is 2. The van der Waals surface area contributed by atoms with Gasteiger partial charge in [0.15, 0.2) is 0 Å². The molecule has 0 unspecified atom stereocenters. The van der Waals surface area contributed by atoms with Gasteiger partial charge in [0.2, 0.25) is 5.91 Å². The Hall–Kier alpha value is -2.62. The molecule has 2 aromatic carbocycles. The summed E-state index contributed by atoms with van der Waals surface area (Å²) in [6.45, 7) is 3.41. The van der Waals surface area contributed by atoms with Crippen molar-refractivity contribution in [3.05, 3.63) is 59.7 Å². The van der Waals surface area contributed by atoms with Gasteiger partial charge in [-0.25, -0.2) is 0 Å². The lowest BCUT2D eigenvalue weighted by molar-refractivity contribution is -0.114. The van der Waals surface area contributed by atoms with Gasteiger partial charge in [0.1, 0.15) is 0 Å². The molecule has 0 aromatic heterocycles. The van der Waals surface area contributed by atoms with Crippen molar-refractivity contribution < 1.29 is 9.59 Å². The monoisotopic (exact) mass is 268 g/mol. The maximum atomic E-state index is 12.1. The number of anilines is 2. The quantitative estimate of drug-likeness (QED) is 0.898. The van der Waals surface area contributed by atoms with Crippen LogP contribution in [0.4, 0.5) is 11.4 Å². The van der Waals surface area contributed by atoms with Gasteiger partial charge >= 0.3 is 0 Å². The number of carbonyl (C=O) groups is 2. The van der Waals surface area contributed by atoms with Crippen molar-refractivity contribution in [2.24, 2.45) is 0 Å². The van der Waals surface area contributed by atoms with Crippen molar-refractivity contribution in [1.29, 1.82) is 0 Å². The molecule has 2 rings (SSSR count). The first-order chi connectivity index (χ1) is 9.54. The number of benzene rings is 2. The van der Waals surface area contributed by atoms with E-state index in [1.54, 1.807) is 36.4 Å². The largest absolute Gasteiger partial charge is 0.326 e. The van der Waals surface area contributed by atoms with Gasteiger partial charge in [0, 0.05) is 23.9 Å². The third kappa shape index (κ3) is 3.68. The SMILES string of the molecule is CC(=O)Nc1cccc(NC(=O)c2ccc(C)cc2)c1. The van der Waals surface area contributed by atoms with E-state index in [1.807, 2.05) is 19.1 Å². The summed E-state index contributed by atoms with van der Waals surface area (Å²) >= 11 is 0. The van der Waals surface area contributed by atoms with Crippen LogP contribution in [0.5, 0.6) is 0 Å². The summed E-state index contributed by atoms with van der Waals surface area (Å²) in [5.41, 5.74) is 3.00. The second kappa shape index (κ2) is 6.02. The molecular formula is C16H16N2O2. The van der Waals surface area contributed by atoms with Crippen molar-refractivity contribution in [3.63, 3.8) is 0 Å². The van der Waals surface area contributed by atoms with Crippen LogP contribution in [0.1, 0.15) is 22.8 Å². The Labute approximate surface area is 117 Å². The maximum absolute atomic E-state index is 12.1. The minimum atomic E-state index is -0.176. The fraction of sp³-hybridized carbons (Fsp3) is 0.125. The highest BCUT2D eigenvalue weighted by atomic mass is 16.2. The molecule has 4 nitrogen and oxygen atoms in total. The van der Waals surface area contributed by atoms with E-state index in [1.165, 1.54) is 6.92 Å². The Bertz CT molecular complexity index is 633. The number of carbonyl (C=O) groups excluding carboxylic acids is 2. The van der Waals surface area contributed by atoms with Crippen LogP contribution < -0.4 is 10.6 Å². The number of nitrogens with one attached hydrogen (secondary N) is 2. The second-order valence-electron chi connectivity index (χ2n) is 4.58. The summed E-state index contributed by atoms with van der Waals surface area (Å²) in [6.07, 6.45) is 0. The van der Waals surface area contributed by atoms with Crippen LogP contribution in [0, 0.1) is 6.92 Å². The topological polar surface area (TPSA) is 58.2 Å². The number of aryl methyl sites for hydroxylation is 1. The number of hydrogen-bond acceptors (Lipinski definition) is 2. The highest BCUT2D eigenvalue weighted by Crippen LogP contribution is 2.16. The minimum Gasteiger partial charge on any atom is -0.326 e. The minimum absolute atomic E-state index is 0.146. The molecule has 0 saturated heterocycles. The van der Waals surface area contributed by atoms with Gasteiger partial charge < -0.3 is 10.6 Å². The average Bonchev–Trinajstić information content (AvgIpc) is 2.39. The molecule has 4 heteroatoms. The van der Waals surface area contributed by atoms with E-state index in [-0.39, 0.29) is 11.8 Å². The fourth-order valence-corrected chi connectivity index (χ4v) is 1.79. The van der Waals surface area contributed by atoms with Crippen molar-refractivity contribution in [2.75, 3.05) is 10.6 Å². The summed E-state index contributed by atoms with van der Waals surface area (Å²) in [5.74, 6) is -0.322. The molecule has 0 aliphatic carbocycles. The molecule has 0 saturated carbocycles. The summed E-state index contributed by atoms with van der Waals surface area (Å²) in [4.78, 5) is 23.1. The van der Waals surface area contributed by atoms with Gasteiger partial charge in [-0.05, 0) is 37.3 Å². The maximum Gasteiger partial charge on any atom is 0.255 e. The molecule has 0 heterocycles. The lowest BCUT2D eigenvalue weighted by Gasteiger charge is -2.08. The molecule has 2 amide bonds. The molecule has 102 valence electrons. The molecule has 2 aromatic rings. The van der Waals surface area contributed by atoms with Crippen molar-refractivity contribution >= 4 is 23.2 Å². The second-order valence-corrected chi connectivity index (χ2v) is 4.58. The van der Waals surface area contributed by atoms with Crippen LogP contribution >= 0.6 is 0 Å². The van der Waals surface area contributed by atoms with Crippen molar-refractivity contribution in [3.8, 4) is 0 Å². The normalized spacial score (nSPS) is 9.90. The summed E-state index contributed by atoms with van der Waals surface area (Å²) in [6, 6.07) is 14.4. The Morgan fingerprint density at radius 3 is 2.10 bits per heavy atom. The predicted molar refractivity (Wildman–Crippen MR) is 79.9 cm³/mol. The van der Waals surface area contributed by atoms with E-state index in [9.17, 15) is 9.59 Å².